The van der Waals surface area contributed by atoms with E-state index in [1.807, 2.05) is 24.3 Å². The first kappa shape index (κ1) is 37.5. The second-order valence-electron chi connectivity index (χ2n) is 10.4. The van der Waals surface area contributed by atoms with Gasteiger partial charge in [-0.05, 0) is 25.7 Å². The van der Waals surface area contributed by atoms with Crippen LogP contribution in [0.4, 0.5) is 0 Å². The van der Waals surface area contributed by atoms with Crippen LogP contribution in [-0.4, -0.2) is 100 Å². The van der Waals surface area contributed by atoms with Crippen LogP contribution >= 0.6 is 0 Å². The number of nitrogens with one attached hydrogen (secondary N) is 1. The van der Waals surface area contributed by atoms with Gasteiger partial charge in [-0.3, -0.25) is 0 Å². The summed E-state index contributed by atoms with van der Waals surface area (Å²) in [6.45, 7) is 10.1. The molecule has 0 aromatic carbocycles. The molecule has 0 amide bonds. The summed E-state index contributed by atoms with van der Waals surface area (Å²) in [7, 11) is 0. The van der Waals surface area contributed by atoms with Gasteiger partial charge in [0.15, 0.2) is 0 Å². The number of allylic oxidation sites excluding steroid dienone is 4. The van der Waals surface area contributed by atoms with Gasteiger partial charge in [-0.15, -0.1) is 0 Å². The topological polar surface area (TPSA) is 227 Å². The van der Waals surface area contributed by atoms with Crippen molar-refractivity contribution in [2.24, 2.45) is 45.2 Å². The second kappa shape index (κ2) is 22.2. The van der Waals surface area contributed by atoms with Crippen LogP contribution in [0.15, 0.2) is 49.6 Å². The smallest absolute Gasteiger partial charge is 0.0788 e. The second-order valence-corrected chi connectivity index (χ2v) is 10.4. The summed E-state index contributed by atoms with van der Waals surface area (Å²) in [6, 6.07) is -0.171. The SMILES string of the molecule is C=CC=CCC(CC(O)COCC(CN)(CN)CN)NC(C/C=C/C=C)CC(O)COCC(CN)(CN)CN. The van der Waals surface area contributed by atoms with E-state index in [9.17, 15) is 10.2 Å². The molecule has 4 unspecified atom stereocenters. The van der Waals surface area contributed by atoms with Crippen molar-refractivity contribution in [2.45, 2.75) is 50.0 Å². The van der Waals surface area contributed by atoms with Gasteiger partial charge in [-0.25, -0.2) is 0 Å². The van der Waals surface area contributed by atoms with Crippen LogP contribution in [0.2, 0.25) is 0 Å². The Bertz CT molecular complexity index is 612. The number of hydrogen-bond acceptors (Lipinski definition) is 11. The fourth-order valence-electron chi connectivity index (χ4n) is 3.95. The molecule has 0 aromatic heterocycles. The van der Waals surface area contributed by atoms with Crippen molar-refractivity contribution in [1.82, 2.24) is 5.32 Å². The molecule has 0 bridgehead atoms. The molecule has 0 aliphatic carbocycles. The molecule has 15 N–H and O–H groups in total. The van der Waals surface area contributed by atoms with Gasteiger partial charge in [-0.2, -0.15) is 0 Å². The zero-order chi connectivity index (χ0) is 29.6. The van der Waals surface area contributed by atoms with E-state index >= 15 is 0 Å². The first-order chi connectivity index (χ1) is 18.7. The fourth-order valence-corrected chi connectivity index (χ4v) is 3.95. The largest absolute Gasteiger partial charge is 0.391 e. The standard InChI is InChI=1S/C28H57N7O4/c1-3-5-7-9-23(11-25(36)13-38-21-27(15-29,16-30)17-31)35-24(10-8-6-4-2)12-26(37)14-39-22-28(18-32,19-33)20-34/h3-8,23-26,35-37H,1-2,9-22,29-34H2/b7-5+,8-6?. The Labute approximate surface area is 235 Å². The van der Waals surface area contributed by atoms with E-state index in [1.54, 1.807) is 12.2 Å². The van der Waals surface area contributed by atoms with Crippen molar-refractivity contribution in [2.75, 3.05) is 65.7 Å². The Morgan fingerprint density at radius 1 is 0.641 bits per heavy atom. The third-order valence-electron chi connectivity index (χ3n) is 7.01. The minimum Gasteiger partial charge on any atom is -0.391 e. The summed E-state index contributed by atoms with van der Waals surface area (Å²) in [5.74, 6) is 0. The van der Waals surface area contributed by atoms with E-state index in [0.29, 0.717) is 65.0 Å². The van der Waals surface area contributed by atoms with Crippen molar-refractivity contribution < 1.29 is 19.7 Å². The number of rotatable bonds is 26. The monoisotopic (exact) mass is 555 g/mol. The molecule has 4 atom stereocenters. The van der Waals surface area contributed by atoms with E-state index in [4.69, 9.17) is 43.9 Å². The Balaban J connectivity index is 5.23. The van der Waals surface area contributed by atoms with Gasteiger partial charge >= 0.3 is 0 Å². The molecule has 0 fully saturated rings. The van der Waals surface area contributed by atoms with Gasteiger partial charge in [0, 0.05) is 62.2 Å². The van der Waals surface area contributed by atoms with Crippen LogP contribution < -0.4 is 39.7 Å². The summed E-state index contributed by atoms with van der Waals surface area (Å²) < 4.78 is 11.5. The van der Waals surface area contributed by atoms with Crippen molar-refractivity contribution >= 4 is 0 Å². The van der Waals surface area contributed by atoms with Crippen LogP contribution in [0, 0.1) is 10.8 Å². The minimum atomic E-state index is -0.722. The van der Waals surface area contributed by atoms with Gasteiger partial charge in [0.1, 0.15) is 0 Å². The third-order valence-corrected chi connectivity index (χ3v) is 7.01. The Kier molecular flexibility index (Phi) is 21.4. The number of nitrogens with two attached hydrogens (primary N) is 6. The zero-order valence-corrected chi connectivity index (χ0v) is 23.8. The lowest BCUT2D eigenvalue weighted by Gasteiger charge is -2.31. The van der Waals surface area contributed by atoms with Crippen molar-refractivity contribution in [3.63, 3.8) is 0 Å². The highest BCUT2D eigenvalue weighted by molar-refractivity contribution is 5.01. The highest BCUT2D eigenvalue weighted by Gasteiger charge is 2.28. The Morgan fingerprint density at radius 2 is 0.974 bits per heavy atom. The Hall–Kier alpha value is -1.48. The molecule has 0 heterocycles. The van der Waals surface area contributed by atoms with E-state index < -0.39 is 23.0 Å². The molecule has 0 saturated carbocycles. The Morgan fingerprint density at radius 3 is 1.26 bits per heavy atom. The van der Waals surface area contributed by atoms with Crippen LogP contribution in [0.5, 0.6) is 0 Å². The molecule has 0 aliphatic rings. The van der Waals surface area contributed by atoms with E-state index in [2.05, 4.69) is 18.5 Å². The molecule has 0 aromatic rings. The molecule has 39 heavy (non-hydrogen) atoms. The number of aliphatic hydroxyl groups is 2. The molecule has 11 nitrogen and oxygen atoms in total. The maximum Gasteiger partial charge on any atom is 0.0788 e. The number of ether oxygens (including phenoxy) is 2. The lowest BCUT2D eigenvalue weighted by Crippen LogP contribution is -2.48. The lowest BCUT2D eigenvalue weighted by molar-refractivity contribution is -0.0112. The fraction of sp³-hybridized carbons (Fsp3) is 0.714. The molecule has 0 rings (SSSR count). The zero-order valence-electron chi connectivity index (χ0n) is 23.8. The molecular formula is C28H57N7O4. The normalized spacial score (nSPS) is 16.0. The van der Waals surface area contributed by atoms with Gasteiger partial charge in [0.2, 0.25) is 0 Å². The van der Waals surface area contributed by atoms with E-state index in [-0.39, 0.29) is 38.5 Å². The summed E-state index contributed by atoms with van der Waals surface area (Å²) in [4.78, 5) is 0. The third kappa shape index (κ3) is 15.8. The molecule has 0 saturated heterocycles. The average Bonchev–Trinajstić information content (AvgIpc) is 2.94. The summed E-state index contributed by atoms with van der Waals surface area (Å²) in [6.07, 6.45) is 11.9. The quantitative estimate of drug-likeness (QED) is 0.0578. The van der Waals surface area contributed by atoms with Gasteiger partial charge < -0.3 is 59.4 Å². The average molecular weight is 556 g/mol. The highest BCUT2D eigenvalue weighted by Crippen LogP contribution is 2.16. The highest BCUT2D eigenvalue weighted by atomic mass is 16.5. The van der Waals surface area contributed by atoms with Crippen LogP contribution in [0.3, 0.4) is 0 Å². The van der Waals surface area contributed by atoms with Crippen LogP contribution in [0.25, 0.3) is 0 Å². The summed E-state index contributed by atoms with van der Waals surface area (Å²) in [5, 5.41) is 25.1. The lowest BCUT2D eigenvalue weighted by atomic mass is 9.89. The van der Waals surface area contributed by atoms with Crippen LogP contribution in [-0.2, 0) is 9.47 Å². The maximum atomic E-state index is 10.7. The summed E-state index contributed by atoms with van der Waals surface area (Å²) in [5.41, 5.74) is 34.0. The van der Waals surface area contributed by atoms with Gasteiger partial charge in [0.05, 0.1) is 38.6 Å². The predicted molar refractivity (Wildman–Crippen MR) is 161 cm³/mol. The minimum absolute atomic E-state index is 0.0855. The van der Waals surface area contributed by atoms with Crippen LogP contribution in [0.1, 0.15) is 25.7 Å². The number of aliphatic hydroxyl groups excluding tert-OH is 2. The molecule has 228 valence electrons. The van der Waals surface area contributed by atoms with Crippen molar-refractivity contribution in [3.05, 3.63) is 49.6 Å². The van der Waals surface area contributed by atoms with E-state index in [0.717, 1.165) is 0 Å². The van der Waals surface area contributed by atoms with Gasteiger partial charge in [0.25, 0.3) is 0 Å². The first-order valence-corrected chi connectivity index (χ1v) is 13.8. The maximum absolute atomic E-state index is 10.7. The number of hydrogen-bond donors (Lipinski definition) is 9. The van der Waals surface area contributed by atoms with Crippen molar-refractivity contribution in [1.29, 1.82) is 0 Å². The predicted octanol–water partition coefficient (Wildman–Crippen LogP) is -1.16. The molecular weight excluding hydrogens is 498 g/mol. The summed E-state index contributed by atoms with van der Waals surface area (Å²) >= 11 is 0. The first-order valence-electron chi connectivity index (χ1n) is 13.8. The molecule has 0 aliphatic heterocycles. The molecule has 11 heteroatoms. The molecule has 0 spiro atoms. The van der Waals surface area contributed by atoms with Crippen molar-refractivity contribution in [3.8, 4) is 0 Å². The van der Waals surface area contributed by atoms with E-state index in [1.165, 1.54) is 0 Å². The molecule has 0 radical (unpaired) electrons. The van der Waals surface area contributed by atoms with Gasteiger partial charge in [-0.1, -0.05) is 49.6 Å².